The molecule has 0 aromatic rings. The predicted molar refractivity (Wildman–Crippen MR) is 132 cm³/mol. The molecule has 0 aliphatic carbocycles. The van der Waals surface area contributed by atoms with Crippen molar-refractivity contribution >= 4 is 61.1 Å². The van der Waals surface area contributed by atoms with Gasteiger partial charge in [-0.1, -0.05) is 92.6 Å². The first-order valence-electron chi connectivity index (χ1n) is 9.96. The molecule has 0 spiro atoms. The molecule has 0 aromatic carbocycles. The van der Waals surface area contributed by atoms with Crippen LogP contribution < -0.4 is 0 Å². The normalized spacial score (nSPS) is 11.2. The minimum absolute atomic E-state index is 0. The standard InChI is InChI=1S/2C10H20O2S.2CH4.Sn/c2*1-3-5-6-9(4-2)7-12-10(11)8-13;;;/h2*9,13H,3-8H2,1-2H3;2*1H4;/q;;;;+2/p-2. The van der Waals surface area contributed by atoms with Crippen LogP contribution in [0.4, 0.5) is 0 Å². The van der Waals surface area contributed by atoms with Crippen molar-refractivity contribution in [2.24, 2.45) is 11.8 Å². The molecule has 2 radical (unpaired) electrons. The summed E-state index contributed by atoms with van der Waals surface area (Å²) >= 11 is 9.15. The molecule has 0 aromatic heterocycles. The summed E-state index contributed by atoms with van der Waals surface area (Å²) in [5.74, 6) is 0.667. The van der Waals surface area contributed by atoms with Gasteiger partial charge in [-0.3, -0.25) is 9.59 Å². The SMILES string of the molecule is C.C.CCCCC(CC)COC(=O)C[S-].CCCCC(CC)COC(=O)C[S-].[Sn+2]. The van der Waals surface area contributed by atoms with E-state index in [0.29, 0.717) is 25.0 Å². The molecular weight excluding hydrogens is 511 g/mol. The van der Waals surface area contributed by atoms with Crippen molar-refractivity contribution in [2.75, 3.05) is 24.7 Å². The molecule has 0 heterocycles. The van der Waals surface area contributed by atoms with Gasteiger partial charge in [-0.2, -0.15) is 0 Å². The van der Waals surface area contributed by atoms with E-state index in [1.165, 1.54) is 25.7 Å². The molecule has 0 saturated carbocycles. The Morgan fingerprint density at radius 3 is 1.24 bits per heavy atom. The van der Waals surface area contributed by atoms with Crippen molar-refractivity contribution in [1.82, 2.24) is 0 Å². The Bertz CT molecular complexity index is 313. The quantitative estimate of drug-likeness (QED) is 0.160. The Morgan fingerprint density at radius 2 is 1.03 bits per heavy atom. The summed E-state index contributed by atoms with van der Waals surface area (Å²) in [7, 11) is 0. The Morgan fingerprint density at radius 1 is 0.724 bits per heavy atom. The van der Waals surface area contributed by atoms with E-state index >= 15 is 0 Å². The average Bonchev–Trinajstić information content (AvgIpc) is 2.68. The van der Waals surface area contributed by atoms with E-state index in [9.17, 15) is 9.59 Å². The number of rotatable bonds is 14. The van der Waals surface area contributed by atoms with Crippen molar-refractivity contribution in [2.45, 2.75) is 93.9 Å². The largest absolute Gasteiger partial charge is 2.00 e. The molecule has 0 aliphatic rings. The molecule has 0 N–H and O–H groups in total. The van der Waals surface area contributed by atoms with Gasteiger partial charge >= 0.3 is 23.9 Å². The fourth-order valence-corrected chi connectivity index (χ4v) is 2.47. The molecule has 0 saturated heterocycles. The second-order valence-electron chi connectivity index (χ2n) is 6.49. The van der Waals surface area contributed by atoms with Crippen LogP contribution in [0.2, 0.25) is 0 Å². The van der Waals surface area contributed by atoms with E-state index in [0.717, 1.165) is 25.7 Å². The third-order valence-corrected chi connectivity index (χ3v) is 4.75. The molecule has 0 amide bonds. The summed E-state index contributed by atoms with van der Waals surface area (Å²) in [4.78, 5) is 21.6. The fourth-order valence-electron chi connectivity index (χ4n) is 2.30. The first-order valence-corrected chi connectivity index (χ1v) is 11.1. The van der Waals surface area contributed by atoms with Gasteiger partial charge in [-0.05, 0) is 24.7 Å². The molecule has 0 fully saturated rings. The average molecular weight is 557 g/mol. The maximum Gasteiger partial charge on any atom is 2.00 e. The third-order valence-electron chi connectivity index (χ3n) is 4.28. The smallest absolute Gasteiger partial charge is 0.782 e. The number of esters is 2. The minimum atomic E-state index is -0.259. The second kappa shape index (κ2) is 30.6. The number of ether oxygens (including phenoxy) is 2. The van der Waals surface area contributed by atoms with E-state index in [1.54, 1.807) is 0 Å². The Kier molecular flexibility index (Phi) is 42.1. The van der Waals surface area contributed by atoms with Crippen LogP contribution in [0.25, 0.3) is 0 Å². The summed E-state index contributed by atoms with van der Waals surface area (Å²) in [5.41, 5.74) is 0. The molecule has 4 nitrogen and oxygen atoms in total. The minimum Gasteiger partial charge on any atom is -0.782 e. The van der Waals surface area contributed by atoms with Crippen LogP contribution in [0.1, 0.15) is 93.9 Å². The zero-order valence-electron chi connectivity index (χ0n) is 17.6. The van der Waals surface area contributed by atoms with Crippen molar-refractivity contribution in [3.8, 4) is 0 Å². The summed E-state index contributed by atoms with van der Waals surface area (Å²) in [6.07, 6.45) is 9.27. The first-order chi connectivity index (χ1) is 12.5. The van der Waals surface area contributed by atoms with Gasteiger partial charge in [0.15, 0.2) is 0 Å². The summed E-state index contributed by atoms with van der Waals surface area (Å²) in [6, 6.07) is 0. The number of carbonyl (C=O) groups is 2. The monoisotopic (exact) mass is 558 g/mol. The van der Waals surface area contributed by atoms with Crippen molar-refractivity contribution in [3.63, 3.8) is 0 Å². The molecule has 2 atom stereocenters. The molecule has 2 unspecified atom stereocenters. The number of hydrogen-bond acceptors (Lipinski definition) is 6. The predicted octanol–water partition coefficient (Wildman–Crippen LogP) is 5.48. The number of hydrogen-bond donors (Lipinski definition) is 0. The van der Waals surface area contributed by atoms with Gasteiger partial charge in [0.1, 0.15) is 0 Å². The fraction of sp³-hybridized carbons (Fsp3) is 0.909. The summed E-state index contributed by atoms with van der Waals surface area (Å²) in [5, 5.41) is 0. The third kappa shape index (κ3) is 28.4. The molecule has 0 rings (SSSR count). The van der Waals surface area contributed by atoms with Crippen LogP contribution in [0, 0.1) is 11.8 Å². The van der Waals surface area contributed by atoms with Crippen molar-refractivity contribution < 1.29 is 19.1 Å². The Labute approximate surface area is 209 Å². The molecule has 0 aliphatic heterocycles. The maximum atomic E-state index is 10.8. The van der Waals surface area contributed by atoms with E-state index < -0.39 is 0 Å². The second-order valence-corrected chi connectivity index (χ2v) is 7.07. The van der Waals surface area contributed by atoms with Gasteiger partial charge < -0.3 is 34.7 Å². The van der Waals surface area contributed by atoms with Gasteiger partial charge in [0, 0.05) is 0 Å². The molecule has 0 bridgehead atoms. The van der Waals surface area contributed by atoms with Crippen LogP contribution in [0.3, 0.4) is 0 Å². The van der Waals surface area contributed by atoms with Crippen LogP contribution >= 0.6 is 0 Å². The van der Waals surface area contributed by atoms with E-state index in [-0.39, 0.29) is 62.2 Å². The van der Waals surface area contributed by atoms with Gasteiger partial charge in [-0.25, -0.2) is 0 Å². The van der Waals surface area contributed by atoms with Gasteiger partial charge in [0.2, 0.25) is 0 Å². The van der Waals surface area contributed by atoms with E-state index in [2.05, 4.69) is 53.0 Å². The van der Waals surface area contributed by atoms with Gasteiger partial charge in [-0.15, -0.1) is 0 Å². The van der Waals surface area contributed by atoms with Gasteiger partial charge in [0.05, 0.1) is 13.2 Å². The maximum absolute atomic E-state index is 10.8. The topological polar surface area (TPSA) is 52.6 Å². The zero-order valence-corrected chi connectivity index (χ0v) is 22.1. The van der Waals surface area contributed by atoms with Crippen molar-refractivity contribution in [3.05, 3.63) is 0 Å². The van der Waals surface area contributed by atoms with Crippen LogP contribution in [-0.4, -0.2) is 60.6 Å². The number of unbranched alkanes of at least 4 members (excludes halogenated alkanes) is 2. The van der Waals surface area contributed by atoms with Crippen LogP contribution in [-0.2, 0) is 44.3 Å². The molecule has 29 heavy (non-hydrogen) atoms. The van der Waals surface area contributed by atoms with Crippen LogP contribution in [0.15, 0.2) is 0 Å². The summed E-state index contributed by atoms with van der Waals surface area (Å²) < 4.78 is 10.00. The molecule has 7 heteroatoms. The van der Waals surface area contributed by atoms with E-state index in [4.69, 9.17) is 9.47 Å². The molecular formula is C22H46O4S2Sn. The van der Waals surface area contributed by atoms with E-state index in [1.807, 2.05) is 0 Å². The first kappa shape index (κ1) is 39.9. The van der Waals surface area contributed by atoms with Crippen molar-refractivity contribution in [1.29, 1.82) is 0 Å². The number of carbonyl (C=O) groups excluding carboxylic acids is 2. The Hall–Kier alpha value is 0.439. The Balaban J connectivity index is -0.000000120. The summed E-state index contributed by atoms with van der Waals surface area (Å²) in [6.45, 7) is 9.69. The molecule has 174 valence electrons. The van der Waals surface area contributed by atoms with Gasteiger partial charge in [0.25, 0.3) is 11.9 Å². The zero-order chi connectivity index (χ0) is 20.2. The van der Waals surface area contributed by atoms with Crippen LogP contribution in [0.5, 0.6) is 0 Å².